The Morgan fingerprint density at radius 2 is 2.23 bits per heavy atom. The van der Waals surface area contributed by atoms with E-state index in [4.69, 9.17) is 0 Å². The third kappa shape index (κ3) is 2.91. The van der Waals surface area contributed by atoms with Crippen LogP contribution in [0.3, 0.4) is 0 Å². The lowest BCUT2D eigenvalue weighted by Crippen LogP contribution is -2.28. The Morgan fingerprint density at radius 1 is 1.41 bits per heavy atom. The first kappa shape index (κ1) is 14.8. The topological polar surface area (TPSA) is 66.8 Å². The molecule has 6 nitrogen and oxygen atoms in total. The van der Waals surface area contributed by atoms with Gasteiger partial charge < -0.3 is 9.88 Å². The number of hydrogen-bond donors (Lipinski definition) is 1. The summed E-state index contributed by atoms with van der Waals surface area (Å²) in [6.07, 6.45) is 6.02. The van der Waals surface area contributed by atoms with Gasteiger partial charge in [-0.2, -0.15) is 5.10 Å². The second-order valence-corrected chi connectivity index (χ2v) is 6.16. The molecule has 0 aliphatic carbocycles. The van der Waals surface area contributed by atoms with Gasteiger partial charge in [0.1, 0.15) is 5.82 Å². The minimum Gasteiger partial charge on any atom is -0.346 e. The Balaban J connectivity index is 1.54. The van der Waals surface area contributed by atoms with Crippen molar-refractivity contribution in [3.05, 3.63) is 35.2 Å². The Morgan fingerprint density at radius 3 is 2.86 bits per heavy atom. The molecule has 1 N–H and O–H groups in total. The molecule has 0 radical (unpaired) electrons. The Bertz CT molecular complexity index is 672. The predicted octanol–water partition coefficient (Wildman–Crippen LogP) is 1.71. The molecule has 0 bridgehead atoms. The molecule has 1 aliphatic rings. The molecule has 0 unspecified atom stereocenters. The van der Waals surface area contributed by atoms with Crippen LogP contribution in [0.5, 0.6) is 0 Å². The molecule has 0 aromatic carbocycles. The fourth-order valence-electron chi connectivity index (χ4n) is 3.04. The molecule has 2 aromatic heterocycles. The van der Waals surface area contributed by atoms with Crippen molar-refractivity contribution in [2.24, 2.45) is 7.05 Å². The number of aryl methyl sites for hydroxylation is 3. The summed E-state index contributed by atoms with van der Waals surface area (Å²) in [6.45, 7) is 5.65. The van der Waals surface area contributed by atoms with E-state index < -0.39 is 0 Å². The van der Waals surface area contributed by atoms with Crippen LogP contribution in [0.4, 0.5) is 0 Å². The highest BCUT2D eigenvalue weighted by molar-refractivity contribution is 5.76. The number of aromatic amines is 1. The van der Waals surface area contributed by atoms with Crippen LogP contribution in [-0.4, -0.2) is 43.6 Å². The maximum atomic E-state index is 12.4. The third-order valence-electron chi connectivity index (χ3n) is 4.60. The SMILES string of the molecule is Cc1cnc([C@H]2CCN(C(=O)CCc3cnn(C)c3C)C2)[nH]1. The van der Waals surface area contributed by atoms with Crippen molar-refractivity contribution in [3.63, 3.8) is 0 Å². The van der Waals surface area contributed by atoms with Gasteiger partial charge in [-0.25, -0.2) is 4.98 Å². The van der Waals surface area contributed by atoms with E-state index in [1.165, 1.54) is 0 Å². The smallest absolute Gasteiger partial charge is 0.222 e. The molecule has 1 saturated heterocycles. The van der Waals surface area contributed by atoms with E-state index in [2.05, 4.69) is 15.1 Å². The van der Waals surface area contributed by atoms with Crippen LogP contribution < -0.4 is 0 Å². The van der Waals surface area contributed by atoms with Gasteiger partial charge in [0.2, 0.25) is 5.91 Å². The first-order valence-electron chi connectivity index (χ1n) is 7.81. The van der Waals surface area contributed by atoms with Crippen LogP contribution in [0.2, 0.25) is 0 Å². The van der Waals surface area contributed by atoms with Crippen LogP contribution >= 0.6 is 0 Å². The second kappa shape index (κ2) is 5.94. The van der Waals surface area contributed by atoms with Crippen molar-refractivity contribution in [3.8, 4) is 0 Å². The molecule has 22 heavy (non-hydrogen) atoms. The number of likely N-dealkylation sites (tertiary alicyclic amines) is 1. The molecule has 1 aliphatic heterocycles. The molecule has 0 saturated carbocycles. The lowest BCUT2D eigenvalue weighted by molar-refractivity contribution is -0.130. The van der Waals surface area contributed by atoms with Crippen molar-refractivity contribution < 1.29 is 4.79 Å². The number of H-pyrrole nitrogens is 1. The normalized spacial score (nSPS) is 18.1. The van der Waals surface area contributed by atoms with Crippen molar-refractivity contribution >= 4 is 5.91 Å². The van der Waals surface area contributed by atoms with Gasteiger partial charge in [-0.1, -0.05) is 0 Å². The van der Waals surface area contributed by atoms with E-state index in [1.54, 1.807) is 0 Å². The summed E-state index contributed by atoms with van der Waals surface area (Å²) in [7, 11) is 1.93. The first-order chi connectivity index (χ1) is 10.5. The predicted molar refractivity (Wildman–Crippen MR) is 83.5 cm³/mol. The zero-order valence-corrected chi connectivity index (χ0v) is 13.5. The summed E-state index contributed by atoms with van der Waals surface area (Å²) in [4.78, 5) is 22.0. The lowest BCUT2D eigenvalue weighted by Gasteiger charge is -2.16. The zero-order chi connectivity index (χ0) is 15.7. The number of hydrogen-bond acceptors (Lipinski definition) is 3. The molecule has 1 amide bonds. The fraction of sp³-hybridized carbons (Fsp3) is 0.562. The quantitative estimate of drug-likeness (QED) is 0.935. The Labute approximate surface area is 130 Å². The van der Waals surface area contributed by atoms with E-state index >= 15 is 0 Å². The molecule has 1 atom stereocenters. The number of carbonyl (C=O) groups excluding carboxylic acids is 1. The number of nitrogens with one attached hydrogen (secondary N) is 1. The van der Waals surface area contributed by atoms with Crippen LogP contribution in [-0.2, 0) is 18.3 Å². The average molecular weight is 301 g/mol. The number of carbonyl (C=O) groups is 1. The van der Waals surface area contributed by atoms with Gasteiger partial charge in [-0.05, 0) is 32.3 Å². The van der Waals surface area contributed by atoms with Gasteiger partial charge in [0.15, 0.2) is 0 Å². The number of aromatic nitrogens is 4. The molecule has 118 valence electrons. The minimum atomic E-state index is 0.231. The first-order valence-corrected chi connectivity index (χ1v) is 7.81. The maximum absolute atomic E-state index is 12.4. The summed E-state index contributed by atoms with van der Waals surface area (Å²) in [5.74, 6) is 1.59. The van der Waals surface area contributed by atoms with Crippen LogP contribution in [0.25, 0.3) is 0 Å². The lowest BCUT2D eigenvalue weighted by atomic mass is 10.1. The highest BCUT2D eigenvalue weighted by Gasteiger charge is 2.28. The molecule has 6 heteroatoms. The van der Waals surface area contributed by atoms with Gasteiger partial charge in [-0.3, -0.25) is 9.48 Å². The number of imidazole rings is 1. The van der Waals surface area contributed by atoms with Gasteiger partial charge in [-0.15, -0.1) is 0 Å². The summed E-state index contributed by atoms with van der Waals surface area (Å²) in [6, 6.07) is 0. The summed E-state index contributed by atoms with van der Waals surface area (Å²) >= 11 is 0. The molecule has 3 heterocycles. The monoisotopic (exact) mass is 301 g/mol. The average Bonchev–Trinajstić information content (AvgIpc) is 3.20. The third-order valence-corrected chi connectivity index (χ3v) is 4.60. The fourth-order valence-corrected chi connectivity index (χ4v) is 3.04. The van der Waals surface area contributed by atoms with Gasteiger partial charge in [0.05, 0.1) is 6.20 Å². The number of nitrogens with zero attached hydrogens (tertiary/aromatic N) is 4. The summed E-state index contributed by atoms with van der Waals surface area (Å²) < 4.78 is 1.85. The molecular formula is C16H23N5O. The van der Waals surface area contributed by atoms with Crippen molar-refractivity contribution in [1.82, 2.24) is 24.6 Å². The number of rotatable bonds is 4. The Hall–Kier alpha value is -2.11. The van der Waals surface area contributed by atoms with Crippen molar-refractivity contribution in [2.75, 3.05) is 13.1 Å². The molecule has 0 spiro atoms. The summed E-state index contributed by atoms with van der Waals surface area (Å²) in [5, 5.41) is 4.23. The van der Waals surface area contributed by atoms with E-state index in [0.29, 0.717) is 12.3 Å². The van der Waals surface area contributed by atoms with Gasteiger partial charge in [0, 0.05) is 50.1 Å². The number of amides is 1. The van der Waals surface area contributed by atoms with Crippen LogP contribution in [0.1, 0.15) is 41.5 Å². The van der Waals surface area contributed by atoms with Crippen molar-refractivity contribution in [1.29, 1.82) is 0 Å². The zero-order valence-electron chi connectivity index (χ0n) is 13.5. The van der Waals surface area contributed by atoms with E-state index in [-0.39, 0.29) is 5.91 Å². The van der Waals surface area contributed by atoms with Crippen LogP contribution in [0.15, 0.2) is 12.4 Å². The van der Waals surface area contributed by atoms with Crippen LogP contribution in [0, 0.1) is 13.8 Å². The van der Waals surface area contributed by atoms with Gasteiger partial charge >= 0.3 is 0 Å². The second-order valence-electron chi connectivity index (χ2n) is 6.16. The van der Waals surface area contributed by atoms with E-state index in [9.17, 15) is 4.79 Å². The van der Waals surface area contributed by atoms with E-state index in [1.807, 2.05) is 42.9 Å². The van der Waals surface area contributed by atoms with Crippen molar-refractivity contribution in [2.45, 2.75) is 39.0 Å². The largest absolute Gasteiger partial charge is 0.346 e. The molecule has 3 rings (SSSR count). The highest BCUT2D eigenvalue weighted by atomic mass is 16.2. The van der Waals surface area contributed by atoms with Gasteiger partial charge in [0.25, 0.3) is 0 Å². The summed E-state index contributed by atoms with van der Waals surface area (Å²) in [5.41, 5.74) is 3.37. The van der Waals surface area contributed by atoms with E-state index in [0.717, 1.165) is 48.7 Å². The molecule has 2 aromatic rings. The maximum Gasteiger partial charge on any atom is 0.222 e. The molecular weight excluding hydrogens is 278 g/mol. The molecule has 1 fully saturated rings. The Kier molecular flexibility index (Phi) is 4.00. The minimum absolute atomic E-state index is 0.231. The highest BCUT2D eigenvalue weighted by Crippen LogP contribution is 2.25. The standard InChI is InChI=1S/C16H23N5O/c1-11-8-17-16(19-11)14-6-7-21(10-14)15(22)5-4-13-9-18-20(3)12(13)2/h8-9,14H,4-7,10H2,1-3H3,(H,17,19)/t14-/m0/s1.